The first-order chi connectivity index (χ1) is 12.6. The summed E-state index contributed by atoms with van der Waals surface area (Å²) in [6.45, 7) is 1.24. The van der Waals surface area contributed by atoms with Crippen LogP contribution in [-0.2, 0) is 11.2 Å². The summed E-state index contributed by atoms with van der Waals surface area (Å²) in [7, 11) is 0. The molecule has 0 bridgehead atoms. The molecule has 1 saturated heterocycles. The molecule has 0 aliphatic carbocycles. The number of nitrogens with two attached hydrogens (primary N) is 1. The number of carbonyl (C=O) groups is 2. The van der Waals surface area contributed by atoms with E-state index < -0.39 is 6.10 Å². The molecule has 1 fully saturated rings. The lowest BCUT2D eigenvalue weighted by atomic mass is 10.1. The van der Waals surface area contributed by atoms with Crippen LogP contribution in [0, 0.1) is 0 Å². The average Bonchev–Trinajstić information content (AvgIpc) is 3.27. The van der Waals surface area contributed by atoms with Crippen molar-refractivity contribution >= 4 is 17.5 Å². The van der Waals surface area contributed by atoms with Crippen LogP contribution in [0.2, 0.25) is 0 Å². The summed E-state index contributed by atoms with van der Waals surface area (Å²) >= 11 is 0. The topological polar surface area (TPSA) is 84.7 Å². The molecule has 6 nitrogen and oxygen atoms in total. The zero-order valence-electron chi connectivity index (χ0n) is 14.4. The van der Waals surface area contributed by atoms with Crippen molar-refractivity contribution in [3.8, 4) is 5.75 Å². The second-order valence-electron chi connectivity index (χ2n) is 6.79. The summed E-state index contributed by atoms with van der Waals surface area (Å²) in [5.41, 5.74) is 8.04. The molecule has 1 unspecified atom stereocenters. The number of hydrogen-bond donors (Lipinski definition) is 2. The van der Waals surface area contributed by atoms with Gasteiger partial charge in [0, 0.05) is 36.8 Å². The average molecular weight is 351 g/mol. The molecule has 2 aromatic carbocycles. The molecule has 6 heteroatoms. The third kappa shape index (κ3) is 3.28. The normalized spacial score (nSPS) is 21.2. The van der Waals surface area contributed by atoms with E-state index in [9.17, 15) is 9.59 Å². The van der Waals surface area contributed by atoms with Crippen molar-refractivity contribution in [1.82, 2.24) is 4.90 Å². The number of likely N-dealkylation sites (tertiary alicyclic amines) is 1. The number of amides is 2. The van der Waals surface area contributed by atoms with E-state index in [1.54, 1.807) is 29.2 Å². The van der Waals surface area contributed by atoms with Crippen molar-refractivity contribution in [3.63, 3.8) is 0 Å². The van der Waals surface area contributed by atoms with Gasteiger partial charge in [0.2, 0.25) is 0 Å². The lowest BCUT2D eigenvalue weighted by Crippen LogP contribution is -2.32. The Morgan fingerprint density at radius 1 is 1.15 bits per heavy atom. The van der Waals surface area contributed by atoms with Gasteiger partial charge in [-0.05, 0) is 36.2 Å². The molecular weight excluding hydrogens is 330 g/mol. The first kappa shape index (κ1) is 16.6. The third-order valence-corrected chi connectivity index (χ3v) is 4.83. The van der Waals surface area contributed by atoms with Gasteiger partial charge in [-0.25, -0.2) is 0 Å². The van der Waals surface area contributed by atoms with Crippen LogP contribution in [0.4, 0.5) is 5.69 Å². The van der Waals surface area contributed by atoms with Gasteiger partial charge in [-0.3, -0.25) is 9.59 Å². The minimum Gasteiger partial charge on any atom is -0.480 e. The highest BCUT2D eigenvalue weighted by Crippen LogP contribution is 2.28. The van der Waals surface area contributed by atoms with Gasteiger partial charge in [0.05, 0.1) is 0 Å². The number of nitrogens with zero attached hydrogens (tertiary/aromatic N) is 1. The van der Waals surface area contributed by atoms with Gasteiger partial charge in [0.1, 0.15) is 5.75 Å². The maximum absolute atomic E-state index is 12.6. The molecule has 2 amide bonds. The lowest BCUT2D eigenvalue weighted by Gasteiger charge is -2.17. The van der Waals surface area contributed by atoms with Gasteiger partial charge in [-0.2, -0.15) is 0 Å². The van der Waals surface area contributed by atoms with E-state index in [4.69, 9.17) is 10.5 Å². The van der Waals surface area contributed by atoms with Gasteiger partial charge in [-0.1, -0.05) is 24.3 Å². The highest BCUT2D eigenvalue weighted by atomic mass is 16.5. The van der Waals surface area contributed by atoms with Crippen molar-refractivity contribution in [2.45, 2.75) is 25.0 Å². The molecule has 3 N–H and O–H groups in total. The number of para-hydroxylation sites is 1. The van der Waals surface area contributed by atoms with Crippen molar-refractivity contribution in [1.29, 1.82) is 0 Å². The highest BCUT2D eigenvalue weighted by Gasteiger charge is 2.29. The van der Waals surface area contributed by atoms with E-state index in [2.05, 4.69) is 5.32 Å². The predicted octanol–water partition coefficient (Wildman–Crippen LogP) is 1.80. The Kier molecular flexibility index (Phi) is 4.34. The maximum atomic E-state index is 12.6. The number of fused-ring (bicyclic) bond motifs is 1. The summed E-state index contributed by atoms with van der Waals surface area (Å²) in [5, 5.41) is 2.85. The number of hydrogen-bond acceptors (Lipinski definition) is 4. The van der Waals surface area contributed by atoms with Crippen LogP contribution in [0.25, 0.3) is 0 Å². The van der Waals surface area contributed by atoms with Gasteiger partial charge < -0.3 is 20.7 Å². The predicted molar refractivity (Wildman–Crippen MR) is 98.1 cm³/mol. The number of anilines is 1. The highest BCUT2D eigenvalue weighted by molar-refractivity contribution is 5.98. The fourth-order valence-corrected chi connectivity index (χ4v) is 3.44. The van der Waals surface area contributed by atoms with E-state index in [1.165, 1.54) is 0 Å². The zero-order valence-corrected chi connectivity index (χ0v) is 14.4. The van der Waals surface area contributed by atoms with Crippen LogP contribution in [-0.4, -0.2) is 41.9 Å². The largest absolute Gasteiger partial charge is 0.480 e. The van der Waals surface area contributed by atoms with Crippen LogP contribution in [0.15, 0.2) is 48.5 Å². The second kappa shape index (κ2) is 6.80. The van der Waals surface area contributed by atoms with E-state index in [0.29, 0.717) is 30.8 Å². The summed E-state index contributed by atoms with van der Waals surface area (Å²) in [6.07, 6.45) is 0.817. The molecule has 0 saturated carbocycles. The van der Waals surface area contributed by atoms with E-state index in [0.717, 1.165) is 17.7 Å². The van der Waals surface area contributed by atoms with Crippen molar-refractivity contribution in [2.75, 3.05) is 18.4 Å². The molecule has 0 spiro atoms. The van der Waals surface area contributed by atoms with Crippen LogP contribution in [0.5, 0.6) is 5.75 Å². The molecule has 2 aliphatic rings. The number of carbonyl (C=O) groups excluding carboxylic acids is 2. The van der Waals surface area contributed by atoms with E-state index >= 15 is 0 Å². The minimum atomic E-state index is -0.552. The Morgan fingerprint density at radius 3 is 2.77 bits per heavy atom. The molecule has 26 heavy (non-hydrogen) atoms. The van der Waals surface area contributed by atoms with Crippen molar-refractivity contribution < 1.29 is 14.3 Å². The number of ether oxygens (including phenoxy) is 1. The molecule has 134 valence electrons. The Balaban J connectivity index is 1.43. The molecule has 0 aromatic heterocycles. The lowest BCUT2D eigenvalue weighted by molar-refractivity contribution is -0.122. The fourth-order valence-electron chi connectivity index (χ4n) is 3.44. The quantitative estimate of drug-likeness (QED) is 0.883. The van der Waals surface area contributed by atoms with Gasteiger partial charge in [0.15, 0.2) is 6.10 Å². The Hall–Kier alpha value is -2.86. The van der Waals surface area contributed by atoms with Gasteiger partial charge in [-0.15, -0.1) is 0 Å². The Bertz CT molecular complexity index is 827. The van der Waals surface area contributed by atoms with Gasteiger partial charge >= 0.3 is 0 Å². The Labute approximate surface area is 151 Å². The second-order valence-corrected chi connectivity index (χ2v) is 6.79. The summed E-state index contributed by atoms with van der Waals surface area (Å²) < 4.78 is 5.71. The first-order valence-corrected chi connectivity index (χ1v) is 8.80. The van der Waals surface area contributed by atoms with E-state index in [-0.39, 0.29) is 17.9 Å². The van der Waals surface area contributed by atoms with E-state index in [1.807, 2.05) is 24.3 Å². The SMILES string of the molecule is N[C@@H]1CCN(C(=O)c2cccc(NC(=O)C3Cc4ccccc4O3)c2)C1. The Morgan fingerprint density at radius 2 is 2.00 bits per heavy atom. The molecule has 2 atom stereocenters. The first-order valence-electron chi connectivity index (χ1n) is 8.80. The number of nitrogens with one attached hydrogen (secondary N) is 1. The molecule has 0 radical (unpaired) electrons. The number of benzene rings is 2. The standard InChI is InChI=1S/C20H21N3O3/c21-15-8-9-23(12-15)20(25)14-5-3-6-16(10-14)22-19(24)18-11-13-4-1-2-7-17(13)26-18/h1-7,10,15,18H,8-9,11-12,21H2,(H,22,24)/t15-,18?/m1/s1. The molecule has 4 rings (SSSR count). The monoisotopic (exact) mass is 351 g/mol. The fraction of sp³-hybridized carbons (Fsp3) is 0.300. The maximum Gasteiger partial charge on any atom is 0.265 e. The van der Waals surface area contributed by atoms with Crippen LogP contribution in [0.1, 0.15) is 22.3 Å². The molecule has 2 aliphatic heterocycles. The zero-order chi connectivity index (χ0) is 18.1. The summed E-state index contributed by atoms with van der Waals surface area (Å²) in [5.74, 6) is 0.481. The number of rotatable bonds is 3. The smallest absolute Gasteiger partial charge is 0.265 e. The van der Waals surface area contributed by atoms with Gasteiger partial charge in [0.25, 0.3) is 11.8 Å². The van der Waals surface area contributed by atoms with Crippen molar-refractivity contribution in [2.24, 2.45) is 5.73 Å². The molecule has 2 heterocycles. The van der Waals surface area contributed by atoms with Crippen LogP contribution in [0.3, 0.4) is 0 Å². The summed E-state index contributed by atoms with van der Waals surface area (Å²) in [6, 6.07) is 14.7. The third-order valence-electron chi connectivity index (χ3n) is 4.83. The van der Waals surface area contributed by atoms with Crippen LogP contribution < -0.4 is 15.8 Å². The van der Waals surface area contributed by atoms with Crippen molar-refractivity contribution in [3.05, 3.63) is 59.7 Å². The molecule has 2 aromatic rings. The summed E-state index contributed by atoms with van der Waals surface area (Å²) in [4.78, 5) is 26.8. The van der Waals surface area contributed by atoms with Crippen LogP contribution >= 0.6 is 0 Å². The molecular formula is C20H21N3O3. The minimum absolute atomic E-state index is 0.0444.